The summed E-state index contributed by atoms with van der Waals surface area (Å²) in [6.07, 6.45) is -1.25. The molecular formula is C9H10F3N2O+. The van der Waals surface area contributed by atoms with Crippen LogP contribution in [0.4, 0.5) is 13.2 Å². The summed E-state index contributed by atoms with van der Waals surface area (Å²) in [7, 11) is 1.68. The zero-order valence-corrected chi connectivity index (χ0v) is 8.01. The molecule has 3 nitrogen and oxygen atoms in total. The van der Waals surface area contributed by atoms with Gasteiger partial charge in [0.2, 0.25) is 0 Å². The Kier molecular flexibility index (Phi) is 3.28. The Morgan fingerprint density at radius 3 is 2.73 bits per heavy atom. The third-order valence-corrected chi connectivity index (χ3v) is 1.65. The third-order valence-electron chi connectivity index (χ3n) is 1.65. The van der Waals surface area contributed by atoms with Crippen LogP contribution in [0.25, 0.3) is 0 Å². The lowest BCUT2D eigenvalue weighted by atomic mass is 10.2. The van der Waals surface area contributed by atoms with Gasteiger partial charge in [0.05, 0.1) is 0 Å². The van der Waals surface area contributed by atoms with Crippen molar-refractivity contribution in [2.75, 3.05) is 6.54 Å². The summed E-state index contributed by atoms with van der Waals surface area (Å²) < 4.78 is 37.0. The Hall–Kier alpha value is -1.59. The molecule has 0 atom stereocenters. The van der Waals surface area contributed by atoms with E-state index < -0.39 is 18.6 Å². The van der Waals surface area contributed by atoms with Crippen molar-refractivity contribution in [2.45, 2.75) is 6.18 Å². The van der Waals surface area contributed by atoms with Crippen LogP contribution in [0.5, 0.6) is 0 Å². The minimum absolute atomic E-state index is 0.198. The fraction of sp³-hybridized carbons (Fsp3) is 0.333. The molecule has 1 N–H and O–H groups in total. The van der Waals surface area contributed by atoms with E-state index in [-0.39, 0.29) is 5.56 Å². The highest BCUT2D eigenvalue weighted by molar-refractivity contribution is 5.93. The highest BCUT2D eigenvalue weighted by atomic mass is 19.4. The Morgan fingerprint density at radius 1 is 1.53 bits per heavy atom. The molecule has 1 rings (SSSR count). The maximum atomic E-state index is 11.8. The highest BCUT2D eigenvalue weighted by Crippen LogP contribution is 2.12. The largest absolute Gasteiger partial charge is 0.405 e. The van der Waals surface area contributed by atoms with E-state index in [9.17, 15) is 18.0 Å². The number of carbonyl (C=O) groups is 1. The number of pyridine rings is 1. The standard InChI is InChI=1S/C9H9F3N2O/c1-14-4-2-3-7(5-14)8(15)13-6-9(10,11)12/h2-5H,6H2,1H3/p+1. The molecule has 15 heavy (non-hydrogen) atoms. The number of aryl methyl sites for hydroxylation is 1. The zero-order valence-electron chi connectivity index (χ0n) is 8.01. The molecule has 1 heterocycles. The monoisotopic (exact) mass is 219 g/mol. The van der Waals surface area contributed by atoms with Crippen molar-refractivity contribution in [2.24, 2.45) is 7.05 Å². The SMILES string of the molecule is C[n+]1cccc(C(=O)NCC(F)(F)F)c1. The van der Waals surface area contributed by atoms with Crippen LogP contribution >= 0.6 is 0 Å². The van der Waals surface area contributed by atoms with E-state index in [0.717, 1.165) is 0 Å². The van der Waals surface area contributed by atoms with Gasteiger partial charge in [-0.15, -0.1) is 0 Å². The van der Waals surface area contributed by atoms with Crippen molar-refractivity contribution in [3.63, 3.8) is 0 Å². The summed E-state index contributed by atoms with van der Waals surface area (Å²) in [6.45, 7) is -1.32. The molecule has 82 valence electrons. The van der Waals surface area contributed by atoms with Gasteiger partial charge < -0.3 is 5.32 Å². The van der Waals surface area contributed by atoms with E-state index in [1.807, 2.05) is 0 Å². The number of alkyl halides is 3. The van der Waals surface area contributed by atoms with Crippen LogP contribution in [0, 0.1) is 0 Å². The van der Waals surface area contributed by atoms with Gasteiger partial charge in [0.25, 0.3) is 5.91 Å². The minimum Gasteiger partial charge on any atom is -0.343 e. The Bertz CT molecular complexity index is 363. The molecule has 0 aromatic carbocycles. The van der Waals surface area contributed by atoms with Crippen molar-refractivity contribution in [1.29, 1.82) is 0 Å². The van der Waals surface area contributed by atoms with Crippen LogP contribution in [0.2, 0.25) is 0 Å². The number of halogens is 3. The predicted molar refractivity (Wildman–Crippen MR) is 46.0 cm³/mol. The van der Waals surface area contributed by atoms with E-state index >= 15 is 0 Å². The van der Waals surface area contributed by atoms with Gasteiger partial charge in [0.1, 0.15) is 19.2 Å². The molecule has 0 bridgehead atoms. The smallest absolute Gasteiger partial charge is 0.343 e. The number of nitrogens with one attached hydrogen (secondary N) is 1. The number of amides is 1. The van der Waals surface area contributed by atoms with Crippen molar-refractivity contribution >= 4 is 5.91 Å². The van der Waals surface area contributed by atoms with Gasteiger partial charge in [-0.2, -0.15) is 13.2 Å². The number of carbonyl (C=O) groups excluding carboxylic acids is 1. The normalized spacial score (nSPS) is 11.2. The number of hydrogen-bond donors (Lipinski definition) is 1. The summed E-state index contributed by atoms with van der Waals surface area (Å²) in [5, 5.41) is 1.79. The minimum atomic E-state index is -4.38. The van der Waals surface area contributed by atoms with Crippen LogP contribution in [-0.2, 0) is 7.05 Å². The topological polar surface area (TPSA) is 33.0 Å². The lowest BCUT2D eigenvalue weighted by Crippen LogP contribution is -2.35. The highest BCUT2D eigenvalue weighted by Gasteiger charge is 2.28. The van der Waals surface area contributed by atoms with Crippen molar-refractivity contribution in [3.8, 4) is 0 Å². The van der Waals surface area contributed by atoms with Crippen molar-refractivity contribution in [3.05, 3.63) is 30.1 Å². The van der Waals surface area contributed by atoms with Crippen molar-refractivity contribution < 1.29 is 22.5 Å². The van der Waals surface area contributed by atoms with E-state index in [1.165, 1.54) is 12.3 Å². The van der Waals surface area contributed by atoms with Gasteiger partial charge in [-0.25, -0.2) is 4.57 Å². The summed E-state index contributed by atoms with van der Waals surface area (Å²) in [5.41, 5.74) is 0.198. The first-order valence-corrected chi connectivity index (χ1v) is 4.19. The molecule has 1 aromatic heterocycles. The second kappa shape index (κ2) is 4.29. The molecule has 0 radical (unpaired) electrons. The molecule has 0 aliphatic heterocycles. The molecular weight excluding hydrogens is 209 g/mol. The summed E-state index contributed by atoms with van der Waals surface area (Å²) in [4.78, 5) is 11.2. The maximum Gasteiger partial charge on any atom is 0.405 e. The summed E-state index contributed by atoms with van der Waals surface area (Å²) >= 11 is 0. The Labute approximate surface area is 84.5 Å². The van der Waals surface area contributed by atoms with E-state index in [4.69, 9.17) is 0 Å². The van der Waals surface area contributed by atoms with E-state index in [2.05, 4.69) is 0 Å². The van der Waals surface area contributed by atoms with Crippen LogP contribution in [0.3, 0.4) is 0 Å². The second-order valence-corrected chi connectivity index (χ2v) is 3.06. The lowest BCUT2D eigenvalue weighted by Gasteiger charge is -2.07. The molecule has 0 saturated heterocycles. The number of rotatable bonds is 2. The van der Waals surface area contributed by atoms with Crippen LogP contribution in [0.1, 0.15) is 10.4 Å². The van der Waals surface area contributed by atoms with Crippen LogP contribution in [-0.4, -0.2) is 18.6 Å². The van der Waals surface area contributed by atoms with Gasteiger partial charge in [0.15, 0.2) is 12.4 Å². The average molecular weight is 219 g/mol. The summed E-state index contributed by atoms with van der Waals surface area (Å²) in [6, 6.07) is 3.04. The van der Waals surface area contributed by atoms with Crippen LogP contribution in [0.15, 0.2) is 24.5 Å². The maximum absolute atomic E-state index is 11.8. The molecule has 1 aromatic rings. The number of aromatic nitrogens is 1. The third kappa shape index (κ3) is 3.97. The first kappa shape index (κ1) is 11.5. The quantitative estimate of drug-likeness (QED) is 0.733. The first-order chi connectivity index (χ1) is 6.88. The Morgan fingerprint density at radius 2 is 2.20 bits per heavy atom. The molecule has 0 saturated carbocycles. The molecule has 6 heteroatoms. The number of hydrogen-bond acceptors (Lipinski definition) is 1. The Balaban J connectivity index is 2.62. The van der Waals surface area contributed by atoms with E-state index in [1.54, 1.807) is 29.2 Å². The van der Waals surface area contributed by atoms with Gasteiger partial charge in [0, 0.05) is 6.07 Å². The zero-order chi connectivity index (χ0) is 11.5. The molecule has 0 aliphatic carbocycles. The second-order valence-electron chi connectivity index (χ2n) is 3.06. The molecule has 0 unspecified atom stereocenters. The summed E-state index contributed by atoms with van der Waals surface area (Å²) in [5.74, 6) is -0.733. The van der Waals surface area contributed by atoms with Gasteiger partial charge in [-0.05, 0) is 6.07 Å². The lowest BCUT2D eigenvalue weighted by molar-refractivity contribution is -0.671. The molecule has 0 spiro atoms. The predicted octanol–water partition coefficient (Wildman–Crippen LogP) is 0.803. The van der Waals surface area contributed by atoms with Crippen molar-refractivity contribution in [1.82, 2.24) is 5.32 Å². The van der Waals surface area contributed by atoms with Crippen LogP contribution < -0.4 is 9.88 Å². The fourth-order valence-corrected chi connectivity index (χ4v) is 1.00. The van der Waals surface area contributed by atoms with Gasteiger partial charge >= 0.3 is 6.18 Å². The van der Waals surface area contributed by atoms with Gasteiger partial charge in [-0.3, -0.25) is 4.79 Å². The fourth-order valence-electron chi connectivity index (χ4n) is 1.00. The van der Waals surface area contributed by atoms with E-state index in [0.29, 0.717) is 0 Å². The van der Waals surface area contributed by atoms with Gasteiger partial charge in [-0.1, -0.05) is 0 Å². The molecule has 1 amide bonds. The molecule has 0 fully saturated rings. The average Bonchev–Trinajstić information content (AvgIpc) is 2.13. The molecule has 0 aliphatic rings. The first-order valence-electron chi connectivity index (χ1n) is 4.19. The number of nitrogens with zero attached hydrogens (tertiary/aromatic N) is 1.